The van der Waals surface area contributed by atoms with Gasteiger partial charge in [-0.2, -0.15) is 0 Å². The van der Waals surface area contributed by atoms with Crippen molar-refractivity contribution >= 4 is 21.9 Å². The van der Waals surface area contributed by atoms with Crippen LogP contribution in [0.4, 0.5) is 0 Å². The SMILES string of the molecule is c1ccc(-c2ccc(-c3ccc4oc5ccccc5c4c3-c3ccc(-c4ccccc4)cc3)cc2)cc1. The van der Waals surface area contributed by atoms with E-state index in [9.17, 15) is 0 Å². The lowest BCUT2D eigenvalue weighted by atomic mass is 9.89. The Morgan fingerprint density at radius 3 is 1.43 bits per heavy atom. The molecule has 0 amide bonds. The van der Waals surface area contributed by atoms with Gasteiger partial charge >= 0.3 is 0 Å². The van der Waals surface area contributed by atoms with Crippen molar-refractivity contribution in [2.24, 2.45) is 0 Å². The largest absolute Gasteiger partial charge is 0.456 e. The van der Waals surface area contributed by atoms with Gasteiger partial charge in [0, 0.05) is 16.3 Å². The van der Waals surface area contributed by atoms with Gasteiger partial charge in [0.25, 0.3) is 0 Å². The molecular weight excluding hydrogens is 448 g/mol. The molecule has 0 unspecified atom stereocenters. The number of fused-ring (bicyclic) bond motifs is 3. The molecule has 0 fully saturated rings. The summed E-state index contributed by atoms with van der Waals surface area (Å²) in [4.78, 5) is 0. The Morgan fingerprint density at radius 1 is 0.324 bits per heavy atom. The maximum absolute atomic E-state index is 6.28. The van der Waals surface area contributed by atoms with E-state index in [1.54, 1.807) is 0 Å². The van der Waals surface area contributed by atoms with Crippen molar-refractivity contribution in [3.63, 3.8) is 0 Å². The Morgan fingerprint density at radius 2 is 0.811 bits per heavy atom. The minimum Gasteiger partial charge on any atom is -0.456 e. The first-order valence-corrected chi connectivity index (χ1v) is 12.6. The fraction of sp³-hybridized carbons (Fsp3) is 0. The van der Waals surface area contributed by atoms with Crippen LogP contribution in [0.15, 0.2) is 150 Å². The van der Waals surface area contributed by atoms with Gasteiger partial charge in [-0.15, -0.1) is 0 Å². The van der Waals surface area contributed by atoms with Gasteiger partial charge < -0.3 is 4.42 Å². The van der Waals surface area contributed by atoms with Gasteiger partial charge in [-0.1, -0.05) is 133 Å². The molecule has 0 bridgehead atoms. The Labute approximate surface area is 216 Å². The average Bonchev–Trinajstić information content (AvgIpc) is 3.37. The molecule has 0 N–H and O–H groups in total. The van der Waals surface area contributed by atoms with Crippen molar-refractivity contribution in [2.75, 3.05) is 0 Å². The zero-order valence-electron chi connectivity index (χ0n) is 20.3. The summed E-state index contributed by atoms with van der Waals surface area (Å²) in [6, 6.07) is 51.5. The predicted octanol–water partition coefficient (Wildman–Crippen LogP) is 10.3. The Balaban J connectivity index is 1.43. The van der Waals surface area contributed by atoms with E-state index in [0.29, 0.717) is 0 Å². The molecule has 1 heterocycles. The van der Waals surface area contributed by atoms with E-state index in [1.165, 1.54) is 44.5 Å². The van der Waals surface area contributed by atoms with Crippen LogP contribution in [-0.2, 0) is 0 Å². The van der Waals surface area contributed by atoms with Gasteiger partial charge in [0.1, 0.15) is 11.2 Å². The van der Waals surface area contributed by atoms with Crippen LogP contribution in [0.1, 0.15) is 0 Å². The van der Waals surface area contributed by atoms with Crippen molar-refractivity contribution < 1.29 is 4.42 Å². The molecule has 37 heavy (non-hydrogen) atoms. The summed E-state index contributed by atoms with van der Waals surface area (Å²) in [5, 5.41) is 2.30. The molecule has 0 saturated heterocycles. The molecule has 1 heteroatoms. The molecule has 0 radical (unpaired) electrons. The van der Waals surface area contributed by atoms with Gasteiger partial charge in [0.2, 0.25) is 0 Å². The molecule has 1 nitrogen and oxygen atoms in total. The molecule has 7 rings (SSSR count). The second-order valence-electron chi connectivity index (χ2n) is 9.35. The molecular formula is C36H24O. The third kappa shape index (κ3) is 3.82. The number of hydrogen-bond donors (Lipinski definition) is 0. The first kappa shape index (κ1) is 21.4. The van der Waals surface area contributed by atoms with Crippen LogP contribution in [0.3, 0.4) is 0 Å². The summed E-state index contributed by atoms with van der Waals surface area (Å²) < 4.78 is 6.28. The van der Waals surface area contributed by atoms with Crippen molar-refractivity contribution in [1.82, 2.24) is 0 Å². The number of rotatable bonds is 4. The highest BCUT2D eigenvalue weighted by atomic mass is 16.3. The van der Waals surface area contributed by atoms with Crippen LogP contribution >= 0.6 is 0 Å². The van der Waals surface area contributed by atoms with Gasteiger partial charge in [-0.25, -0.2) is 0 Å². The molecule has 7 aromatic rings. The van der Waals surface area contributed by atoms with Crippen LogP contribution in [0.2, 0.25) is 0 Å². The molecule has 0 aliphatic carbocycles. The summed E-state index contributed by atoms with van der Waals surface area (Å²) in [6.45, 7) is 0. The van der Waals surface area contributed by atoms with Crippen LogP contribution < -0.4 is 0 Å². The van der Waals surface area contributed by atoms with Gasteiger partial charge in [0.05, 0.1) is 0 Å². The quantitative estimate of drug-likeness (QED) is 0.248. The Bertz CT molecular complexity index is 1830. The highest BCUT2D eigenvalue weighted by molar-refractivity contribution is 6.16. The predicted molar refractivity (Wildman–Crippen MR) is 155 cm³/mol. The molecule has 0 aliphatic heterocycles. The Kier molecular flexibility index (Phi) is 5.19. The third-order valence-corrected chi connectivity index (χ3v) is 7.13. The lowest BCUT2D eigenvalue weighted by Gasteiger charge is -2.14. The highest BCUT2D eigenvalue weighted by Gasteiger charge is 2.17. The second kappa shape index (κ2) is 8.96. The molecule has 174 valence electrons. The lowest BCUT2D eigenvalue weighted by molar-refractivity contribution is 0.669. The third-order valence-electron chi connectivity index (χ3n) is 7.13. The van der Waals surface area contributed by atoms with Crippen LogP contribution in [0.25, 0.3) is 66.4 Å². The Hall–Kier alpha value is -4.88. The van der Waals surface area contributed by atoms with E-state index in [2.05, 4.69) is 133 Å². The van der Waals surface area contributed by atoms with Crippen molar-refractivity contribution in [2.45, 2.75) is 0 Å². The van der Waals surface area contributed by atoms with E-state index in [0.717, 1.165) is 21.9 Å². The smallest absolute Gasteiger partial charge is 0.136 e. The van der Waals surface area contributed by atoms with E-state index in [4.69, 9.17) is 4.42 Å². The molecule has 0 saturated carbocycles. The average molecular weight is 473 g/mol. The van der Waals surface area contributed by atoms with Crippen LogP contribution in [0, 0.1) is 0 Å². The van der Waals surface area contributed by atoms with E-state index >= 15 is 0 Å². The van der Waals surface area contributed by atoms with Crippen molar-refractivity contribution in [3.8, 4) is 44.5 Å². The van der Waals surface area contributed by atoms with E-state index in [1.807, 2.05) is 12.1 Å². The summed E-state index contributed by atoms with van der Waals surface area (Å²) >= 11 is 0. The van der Waals surface area contributed by atoms with Crippen LogP contribution in [-0.4, -0.2) is 0 Å². The number of benzene rings is 6. The minimum atomic E-state index is 0.910. The van der Waals surface area contributed by atoms with E-state index < -0.39 is 0 Å². The van der Waals surface area contributed by atoms with Crippen molar-refractivity contribution in [1.29, 1.82) is 0 Å². The van der Waals surface area contributed by atoms with Gasteiger partial charge in [-0.05, 0) is 51.1 Å². The van der Waals surface area contributed by atoms with Crippen LogP contribution in [0.5, 0.6) is 0 Å². The molecule has 0 aliphatic rings. The lowest BCUT2D eigenvalue weighted by Crippen LogP contribution is -1.88. The number of furan rings is 1. The first-order chi connectivity index (χ1) is 18.3. The summed E-state index contributed by atoms with van der Waals surface area (Å²) in [5.41, 5.74) is 11.5. The molecule has 0 atom stereocenters. The fourth-order valence-corrected chi connectivity index (χ4v) is 5.29. The topological polar surface area (TPSA) is 13.1 Å². The normalized spacial score (nSPS) is 11.2. The molecule has 1 aromatic heterocycles. The summed E-state index contributed by atoms with van der Waals surface area (Å²) in [6.07, 6.45) is 0. The van der Waals surface area contributed by atoms with Gasteiger partial charge in [-0.3, -0.25) is 0 Å². The zero-order chi connectivity index (χ0) is 24.6. The summed E-state index contributed by atoms with van der Waals surface area (Å²) in [5.74, 6) is 0. The minimum absolute atomic E-state index is 0.910. The maximum atomic E-state index is 6.28. The number of hydrogen-bond acceptors (Lipinski definition) is 1. The zero-order valence-corrected chi connectivity index (χ0v) is 20.3. The maximum Gasteiger partial charge on any atom is 0.136 e. The highest BCUT2D eigenvalue weighted by Crippen LogP contribution is 2.43. The van der Waals surface area contributed by atoms with Crippen molar-refractivity contribution in [3.05, 3.63) is 146 Å². The standard InChI is InChI=1S/C36H24O/c1-3-9-25(10-4-1)27-15-19-29(20-16-27)31-23-24-34-36(32-13-7-8-14-33(32)37-34)35(31)30-21-17-28(18-22-30)26-11-5-2-6-12-26/h1-24H. The van der Waals surface area contributed by atoms with Gasteiger partial charge in [0.15, 0.2) is 0 Å². The fourth-order valence-electron chi connectivity index (χ4n) is 5.29. The summed E-state index contributed by atoms with van der Waals surface area (Å²) in [7, 11) is 0. The van der Waals surface area contributed by atoms with E-state index in [-0.39, 0.29) is 0 Å². The first-order valence-electron chi connectivity index (χ1n) is 12.6. The number of para-hydroxylation sites is 1. The monoisotopic (exact) mass is 472 g/mol. The second-order valence-corrected chi connectivity index (χ2v) is 9.35. The molecule has 0 spiro atoms. The molecule has 6 aromatic carbocycles.